The van der Waals surface area contributed by atoms with E-state index in [4.69, 9.17) is 14.6 Å². The predicted molar refractivity (Wildman–Crippen MR) is 78.9 cm³/mol. The lowest BCUT2D eigenvalue weighted by molar-refractivity contribution is -0.165. The van der Waals surface area contributed by atoms with Crippen LogP contribution in [0, 0.1) is 5.41 Å². The van der Waals surface area contributed by atoms with E-state index >= 15 is 0 Å². The van der Waals surface area contributed by atoms with Crippen LogP contribution in [-0.2, 0) is 15.9 Å². The van der Waals surface area contributed by atoms with E-state index in [0.717, 1.165) is 26.3 Å². The van der Waals surface area contributed by atoms with Crippen LogP contribution in [0.4, 0.5) is 5.82 Å². The van der Waals surface area contributed by atoms with Crippen LogP contribution in [0.15, 0.2) is 10.8 Å². The molecule has 8 nitrogen and oxygen atoms in total. The summed E-state index contributed by atoms with van der Waals surface area (Å²) in [6.07, 6.45) is 1.31. The molecule has 116 valence electrons. The maximum absolute atomic E-state index is 12.2. The van der Waals surface area contributed by atoms with Gasteiger partial charge in [-0.25, -0.2) is 18.5 Å². The van der Waals surface area contributed by atoms with Gasteiger partial charge in [0.25, 0.3) is 0 Å². The topological polar surface area (TPSA) is 96.8 Å². The minimum atomic E-state index is -1.36. The summed E-state index contributed by atoms with van der Waals surface area (Å²) in [5.41, 5.74) is 0.204. The van der Waals surface area contributed by atoms with E-state index in [1.165, 1.54) is 6.33 Å². The van der Waals surface area contributed by atoms with E-state index in [1.807, 2.05) is 4.31 Å². The van der Waals surface area contributed by atoms with Gasteiger partial charge in [-0.1, -0.05) is 0 Å². The van der Waals surface area contributed by atoms with Gasteiger partial charge >= 0.3 is 0 Å². The molecule has 10 heteroatoms. The van der Waals surface area contributed by atoms with Crippen LogP contribution in [0.2, 0.25) is 0 Å². The Balaban J connectivity index is 1.60. The first-order chi connectivity index (χ1) is 10.1. The van der Waals surface area contributed by atoms with Gasteiger partial charge < -0.3 is 14.6 Å². The average Bonchev–Trinajstić information content (AvgIpc) is 2.36. The molecule has 1 aromatic rings. The number of aliphatic hydroxyl groups is 1. The van der Waals surface area contributed by atoms with Gasteiger partial charge in [0.1, 0.15) is 17.4 Å². The quantitative estimate of drug-likeness (QED) is 0.719. The molecular weight excluding hydrogens is 364 g/mol. The lowest BCUT2D eigenvalue weighted by Crippen LogP contribution is -2.66. The van der Waals surface area contributed by atoms with Crippen molar-refractivity contribution in [3.63, 3.8) is 0 Å². The lowest BCUT2D eigenvalue weighted by atomic mass is 9.80. The van der Waals surface area contributed by atoms with Crippen molar-refractivity contribution in [2.24, 2.45) is 5.41 Å². The molecule has 0 aliphatic carbocycles. The molecule has 3 rings (SSSR count). The fourth-order valence-corrected chi connectivity index (χ4v) is 3.99. The summed E-state index contributed by atoms with van der Waals surface area (Å²) in [5, 5.41) is 8.76. The monoisotopic (exact) mass is 378 g/mol. The SMILES string of the molecule is O=S(Nc1ncnc(OCCO)c1Br)N1CC2(COC2)C1. The molecule has 1 aromatic heterocycles. The van der Waals surface area contributed by atoms with Crippen molar-refractivity contribution in [1.29, 1.82) is 0 Å². The molecule has 2 fully saturated rings. The minimum absolute atomic E-state index is 0.108. The fourth-order valence-electron chi connectivity index (χ4n) is 2.21. The maximum atomic E-state index is 12.2. The van der Waals surface area contributed by atoms with Crippen LogP contribution in [0.1, 0.15) is 0 Å². The molecule has 2 N–H and O–H groups in total. The second-order valence-corrected chi connectivity index (χ2v) is 7.07. The van der Waals surface area contributed by atoms with Crippen molar-refractivity contribution in [2.75, 3.05) is 44.2 Å². The van der Waals surface area contributed by atoms with Crippen LogP contribution >= 0.6 is 15.9 Å². The molecule has 2 aliphatic heterocycles. The van der Waals surface area contributed by atoms with E-state index < -0.39 is 11.2 Å². The highest BCUT2D eigenvalue weighted by Crippen LogP contribution is 2.38. The second kappa shape index (κ2) is 6.13. The third kappa shape index (κ3) is 3.04. The Kier molecular flexibility index (Phi) is 4.41. The van der Waals surface area contributed by atoms with Gasteiger partial charge in [0.15, 0.2) is 17.0 Å². The highest BCUT2D eigenvalue weighted by Gasteiger charge is 2.51. The lowest BCUT2D eigenvalue weighted by Gasteiger charge is -2.53. The summed E-state index contributed by atoms with van der Waals surface area (Å²) >= 11 is 1.94. The third-order valence-corrected chi connectivity index (χ3v) is 5.16. The number of anilines is 1. The van der Waals surface area contributed by atoms with Gasteiger partial charge in [-0.2, -0.15) is 0 Å². The number of ether oxygens (including phenoxy) is 2. The molecule has 2 aliphatic rings. The van der Waals surface area contributed by atoms with E-state index in [9.17, 15) is 4.21 Å². The number of hydrogen-bond acceptors (Lipinski definition) is 6. The van der Waals surface area contributed by atoms with Gasteiger partial charge in [0, 0.05) is 18.5 Å². The van der Waals surface area contributed by atoms with Crippen LogP contribution in [0.3, 0.4) is 0 Å². The second-order valence-electron chi connectivity index (χ2n) is 5.06. The van der Waals surface area contributed by atoms with Crippen LogP contribution < -0.4 is 9.46 Å². The van der Waals surface area contributed by atoms with Crippen molar-refractivity contribution in [1.82, 2.24) is 14.3 Å². The first-order valence-electron chi connectivity index (χ1n) is 6.39. The smallest absolute Gasteiger partial charge is 0.233 e. The first kappa shape index (κ1) is 15.1. The van der Waals surface area contributed by atoms with Crippen molar-refractivity contribution in [2.45, 2.75) is 0 Å². The predicted octanol–water partition coefficient (Wildman–Crippen LogP) is -0.0670. The Morgan fingerprint density at radius 2 is 2.29 bits per heavy atom. The van der Waals surface area contributed by atoms with E-state index in [2.05, 4.69) is 30.6 Å². The largest absolute Gasteiger partial charge is 0.474 e. The summed E-state index contributed by atoms with van der Waals surface area (Å²) in [6.45, 7) is 3.02. The summed E-state index contributed by atoms with van der Waals surface area (Å²) < 4.78 is 27.8. The highest BCUT2D eigenvalue weighted by atomic mass is 79.9. The van der Waals surface area contributed by atoms with Gasteiger partial charge in [0.05, 0.1) is 19.8 Å². The zero-order valence-corrected chi connectivity index (χ0v) is 13.5. The van der Waals surface area contributed by atoms with Gasteiger partial charge in [0.2, 0.25) is 5.88 Å². The van der Waals surface area contributed by atoms with Crippen LogP contribution in [0.5, 0.6) is 5.88 Å². The Hall–Kier alpha value is -0.810. The van der Waals surface area contributed by atoms with Crippen molar-refractivity contribution in [3.8, 4) is 5.88 Å². The molecule has 2 saturated heterocycles. The summed E-state index contributed by atoms with van der Waals surface area (Å²) in [4.78, 5) is 7.99. The van der Waals surface area contributed by atoms with Crippen LogP contribution in [0.25, 0.3) is 0 Å². The number of nitrogens with one attached hydrogen (secondary N) is 1. The molecule has 0 radical (unpaired) electrons. The standard InChI is InChI=1S/C11H15BrN4O4S/c12-8-9(13-7-14-10(8)20-2-1-17)15-21(18)16-3-11(4-16)5-19-6-11/h7,17H,1-6H2,(H,13,14,15). The number of aromatic nitrogens is 2. The zero-order valence-electron chi connectivity index (χ0n) is 11.1. The molecule has 1 atom stereocenters. The molecule has 1 spiro atoms. The zero-order chi connectivity index (χ0) is 14.9. The normalized spacial score (nSPS) is 21.4. The van der Waals surface area contributed by atoms with Gasteiger partial charge in [-0.3, -0.25) is 4.72 Å². The Morgan fingerprint density at radius 3 is 2.90 bits per heavy atom. The molecule has 3 heterocycles. The minimum Gasteiger partial charge on any atom is -0.474 e. The van der Waals surface area contributed by atoms with Gasteiger partial charge in [-0.15, -0.1) is 0 Å². The average molecular weight is 379 g/mol. The van der Waals surface area contributed by atoms with Crippen LogP contribution in [-0.4, -0.2) is 63.1 Å². The summed E-state index contributed by atoms with van der Waals surface area (Å²) in [7, 11) is 0. The van der Waals surface area contributed by atoms with Crippen molar-refractivity contribution in [3.05, 3.63) is 10.8 Å². The van der Waals surface area contributed by atoms with E-state index in [0.29, 0.717) is 16.2 Å². The first-order valence-corrected chi connectivity index (χ1v) is 8.29. The van der Waals surface area contributed by atoms with Crippen molar-refractivity contribution >= 4 is 32.9 Å². The highest BCUT2D eigenvalue weighted by molar-refractivity contribution is 9.10. The summed E-state index contributed by atoms with van der Waals surface area (Å²) in [6, 6.07) is 0. The molecular formula is C11H15BrN4O4S. The number of halogens is 1. The molecule has 0 amide bonds. The number of nitrogens with zero attached hydrogens (tertiary/aromatic N) is 3. The van der Waals surface area contributed by atoms with E-state index in [1.54, 1.807) is 0 Å². The Labute approximate surface area is 132 Å². The maximum Gasteiger partial charge on any atom is 0.233 e. The molecule has 0 bridgehead atoms. The third-order valence-electron chi connectivity index (χ3n) is 3.35. The number of aliphatic hydroxyl groups excluding tert-OH is 1. The van der Waals surface area contributed by atoms with Gasteiger partial charge in [-0.05, 0) is 15.9 Å². The molecule has 21 heavy (non-hydrogen) atoms. The van der Waals surface area contributed by atoms with Crippen molar-refractivity contribution < 1.29 is 18.8 Å². The fraction of sp³-hybridized carbons (Fsp3) is 0.636. The Bertz CT molecular complexity index is 549. The van der Waals surface area contributed by atoms with E-state index in [-0.39, 0.29) is 18.6 Å². The molecule has 0 saturated carbocycles. The number of rotatable bonds is 6. The molecule has 1 unspecified atom stereocenters. The molecule has 0 aromatic carbocycles. The summed E-state index contributed by atoms with van der Waals surface area (Å²) in [5.74, 6) is 0.688. The Morgan fingerprint density at radius 1 is 1.52 bits per heavy atom. The number of hydrogen-bond donors (Lipinski definition) is 2.